The lowest BCUT2D eigenvalue weighted by atomic mass is 9.97. The van der Waals surface area contributed by atoms with Gasteiger partial charge >= 0.3 is 0 Å². The van der Waals surface area contributed by atoms with Crippen LogP contribution in [0.3, 0.4) is 0 Å². The zero-order valence-corrected chi connectivity index (χ0v) is 11.1. The SMILES string of the molecule is Cc1ccnc(NCC2CCN(C)CC2)c1C#N. The Kier molecular flexibility index (Phi) is 4.16. The number of nitrogens with zero attached hydrogens (tertiary/aromatic N) is 3. The van der Waals surface area contributed by atoms with Crippen LogP contribution in [0.1, 0.15) is 24.0 Å². The van der Waals surface area contributed by atoms with E-state index in [-0.39, 0.29) is 0 Å². The molecule has 1 N–H and O–H groups in total. The molecule has 4 nitrogen and oxygen atoms in total. The third-order valence-corrected chi connectivity index (χ3v) is 3.67. The Morgan fingerprint density at radius 1 is 1.50 bits per heavy atom. The summed E-state index contributed by atoms with van der Waals surface area (Å²) in [6, 6.07) is 4.10. The molecule has 1 fully saturated rings. The van der Waals surface area contributed by atoms with Crippen LogP contribution in [0.25, 0.3) is 0 Å². The fraction of sp³-hybridized carbons (Fsp3) is 0.571. The fourth-order valence-electron chi connectivity index (χ4n) is 2.34. The van der Waals surface area contributed by atoms with Crippen LogP contribution in [0.2, 0.25) is 0 Å². The van der Waals surface area contributed by atoms with E-state index in [9.17, 15) is 0 Å². The Bertz CT molecular complexity index is 442. The topological polar surface area (TPSA) is 52.0 Å². The van der Waals surface area contributed by atoms with Crippen LogP contribution < -0.4 is 5.32 Å². The number of hydrogen-bond acceptors (Lipinski definition) is 4. The highest BCUT2D eigenvalue weighted by Crippen LogP contribution is 2.19. The van der Waals surface area contributed by atoms with Crippen LogP contribution in [0, 0.1) is 24.2 Å². The maximum Gasteiger partial charge on any atom is 0.144 e. The molecule has 0 spiro atoms. The van der Waals surface area contributed by atoms with Gasteiger partial charge in [0.1, 0.15) is 11.9 Å². The normalized spacial score (nSPS) is 17.4. The Balaban J connectivity index is 1.95. The van der Waals surface area contributed by atoms with E-state index in [1.165, 1.54) is 25.9 Å². The number of hydrogen-bond donors (Lipinski definition) is 1. The first kappa shape index (κ1) is 12.8. The van der Waals surface area contributed by atoms with E-state index >= 15 is 0 Å². The van der Waals surface area contributed by atoms with E-state index in [0.29, 0.717) is 11.5 Å². The third kappa shape index (κ3) is 2.99. The quantitative estimate of drug-likeness (QED) is 0.883. The van der Waals surface area contributed by atoms with Gasteiger partial charge in [0.15, 0.2) is 0 Å². The number of nitriles is 1. The van der Waals surface area contributed by atoms with Crippen molar-refractivity contribution in [3.63, 3.8) is 0 Å². The number of aryl methyl sites for hydroxylation is 1. The second-order valence-electron chi connectivity index (χ2n) is 5.09. The van der Waals surface area contributed by atoms with Crippen LogP contribution in [-0.4, -0.2) is 36.6 Å². The van der Waals surface area contributed by atoms with Crippen molar-refractivity contribution < 1.29 is 0 Å². The molecule has 2 heterocycles. The van der Waals surface area contributed by atoms with Gasteiger partial charge in [-0.25, -0.2) is 4.98 Å². The zero-order chi connectivity index (χ0) is 13.0. The Morgan fingerprint density at radius 2 is 2.22 bits per heavy atom. The molecule has 0 radical (unpaired) electrons. The van der Waals surface area contributed by atoms with Crippen molar-refractivity contribution in [2.24, 2.45) is 5.92 Å². The van der Waals surface area contributed by atoms with Crippen molar-refractivity contribution in [1.29, 1.82) is 5.26 Å². The molecule has 0 atom stereocenters. The molecule has 96 valence electrons. The standard InChI is InChI=1S/C14H20N4/c1-11-3-6-16-14(13(11)9-15)17-10-12-4-7-18(2)8-5-12/h3,6,12H,4-5,7-8,10H2,1-2H3,(H,16,17). The van der Waals surface area contributed by atoms with Gasteiger partial charge in [0.05, 0.1) is 5.56 Å². The predicted octanol–water partition coefficient (Wildman–Crippen LogP) is 2.02. The highest BCUT2D eigenvalue weighted by atomic mass is 15.1. The lowest BCUT2D eigenvalue weighted by Crippen LogP contribution is -2.33. The highest BCUT2D eigenvalue weighted by molar-refractivity contribution is 5.55. The molecule has 0 unspecified atom stereocenters. The molecule has 0 bridgehead atoms. The minimum atomic E-state index is 0.672. The highest BCUT2D eigenvalue weighted by Gasteiger charge is 2.17. The molecule has 0 aromatic carbocycles. The summed E-state index contributed by atoms with van der Waals surface area (Å²) in [7, 11) is 2.17. The number of nitrogens with one attached hydrogen (secondary N) is 1. The molecule has 18 heavy (non-hydrogen) atoms. The molecule has 2 rings (SSSR count). The number of rotatable bonds is 3. The van der Waals surface area contributed by atoms with E-state index in [0.717, 1.165) is 17.9 Å². The average Bonchev–Trinajstić information content (AvgIpc) is 2.38. The van der Waals surface area contributed by atoms with E-state index in [1.54, 1.807) is 6.20 Å². The van der Waals surface area contributed by atoms with Crippen molar-refractivity contribution in [1.82, 2.24) is 9.88 Å². The summed E-state index contributed by atoms with van der Waals surface area (Å²) in [6.07, 6.45) is 4.20. The Morgan fingerprint density at radius 3 is 2.89 bits per heavy atom. The monoisotopic (exact) mass is 244 g/mol. The van der Waals surface area contributed by atoms with E-state index in [4.69, 9.17) is 5.26 Å². The lowest BCUT2D eigenvalue weighted by molar-refractivity contribution is 0.226. The summed E-state index contributed by atoms with van der Waals surface area (Å²) in [5.74, 6) is 1.42. The van der Waals surface area contributed by atoms with Gasteiger partial charge in [0.25, 0.3) is 0 Å². The van der Waals surface area contributed by atoms with Crippen molar-refractivity contribution >= 4 is 5.82 Å². The second kappa shape index (κ2) is 5.83. The number of anilines is 1. The Hall–Kier alpha value is -1.60. The van der Waals surface area contributed by atoms with Gasteiger partial charge in [0, 0.05) is 12.7 Å². The lowest BCUT2D eigenvalue weighted by Gasteiger charge is -2.29. The maximum absolute atomic E-state index is 9.13. The smallest absolute Gasteiger partial charge is 0.144 e. The van der Waals surface area contributed by atoms with Gasteiger partial charge in [0.2, 0.25) is 0 Å². The summed E-state index contributed by atoms with van der Waals surface area (Å²) in [4.78, 5) is 6.63. The van der Waals surface area contributed by atoms with Gasteiger partial charge in [-0.1, -0.05) is 0 Å². The fourth-order valence-corrected chi connectivity index (χ4v) is 2.34. The first-order valence-corrected chi connectivity index (χ1v) is 6.49. The van der Waals surface area contributed by atoms with Crippen LogP contribution in [0.5, 0.6) is 0 Å². The summed E-state index contributed by atoms with van der Waals surface area (Å²) in [5, 5.41) is 12.5. The average molecular weight is 244 g/mol. The summed E-state index contributed by atoms with van der Waals surface area (Å²) in [6.45, 7) is 5.19. The maximum atomic E-state index is 9.13. The van der Waals surface area contributed by atoms with Gasteiger partial charge in [-0.3, -0.25) is 0 Å². The molecule has 1 aromatic heterocycles. The van der Waals surface area contributed by atoms with Crippen molar-refractivity contribution in [3.8, 4) is 6.07 Å². The van der Waals surface area contributed by atoms with Gasteiger partial charge in [-0.15, -0.1) is 0 Å². The number of aromatic nitrogens is 1. The van der Waals surface area contributed by atoms with Crippen molar-refractivity contribution in [2.75, 3.05) is 32.0 Å². The van der Waals surface area contributed by atoms with Crippen LogP contribution >= 0.6 is 0 Å². The zero-order valence-electron chi connectivity index (χ0n) is 11.1. The molecule has 1 aliphatic rings. The molecule has 1 aliphatic heterocycles. The summed E-state index contributed by atoms with van der Waals surface area (Å²) >= 11 is 0. The van der Waals surface area contributed by atoms with E-state index < -0.39 is 0 Å². The van der Waals surface area contributed by atoms with Gasteiger partial charge in [-0.05, 0) is 57.5 Å². The molecule has 0 aliphatic carbocycles. The largest absolute Gasteiger partial charge is 0.369 e. The molecule has 1 aromatic rings. The van der Waals surface area contributed by atoms with Crippen LogP contribution in [0.15, 0.2) is 12.3 Å². The minimum Gasteiger partial charge on any atom is -0.369 e. The molecule has 4 heteroatoms. The molecule has 0 amide bonds. The molecular weight excluding hydrogens is 224 g/mol. The van der Waals surface area contributed by atoms with Gasteiger partial charge in [-0.2, -0.15) is 5.26 Å². The van der Waals surface area contributed by atoms with E-state index in [1.807, 2.05) is 13.0 Å². The minimum absolute atomic E-state index is 0.672. The molecule has 0 saturated carbocycles. The van der Waals surface area contributed by atoms with Crippen LogP contribution in [-0.2, 0) is 0 Å². The Labute approximate surface area is 109 Å². The number of pyridine rings is 1. The van der Waals surface area contributed by atoms with Crippen LogP contribution in [0.4, 0.5) is 5.82 Å². The first-order chi connectivity index (χ1) is 8.70. The molecular formula is C14H20N4. The molecule has 1 saturated heterocycles. The van der Waals surface area contributed by atoms with E-state index in [2.05, 4.69) is 28.3 Å². The number of piperidine rings is 1. The summed E-state index contributed by atoms with van der Waals surface area (Å²) < 4.78 is 0. The van der Waals surface area contributed by atoms with Crippen molar-refractivity contribution in [3.05, 3.63) is 23.4 Å². The second-order valence-corrected chi connectivity index (χ2v) is 5.09. The van der Waals surface area contributed by atoms with Gasteiger partial charge < -0.3 is 10.2 Å². The third-order valence-electron chi connectivity index (χ3n) is 3.67. The summed E-state index contributed by atoms with van der Waals surface area (Å²) in [5.41, 5.74) is 1.66. The van der Waals surface area contributed by atoms with Crippen molar-refractivity contribution in [2.45, 2.75) is 19.8 Å². The predicted molar refractivity (Wildman–Crippen MR) is 72.4 cm³/mol. The number of likely N-dealkylation sites (tertiary alicyclic amines) is 1. The first-order valence-electron chi connectivity index (χ1n) is 6.49.